The van der Waals surface area contributed by atoms with Crippen molar-refractivity contribution in [1.82, 2.24) is 10.1 Å². The van der Waals surface area contributed by atoms with Crippen LogP contribution in [0.1, 0.15) is 51.6 Å². The van der Waals surface area contributed by atoms with Crippen molar-refractivity contribution in [2.24, 2.45) is 0 Å². The van der Waals surface area contributed by atoms with E-state index in [4.69, 9.17) is 16.1 Å². The highest BCUT2D eigenvalue weighted by Gasteiger charge is 2.28. The van der Waals surface area contributed by atoms with Crippen molar-refractivity contribution in [3.63, 3.8) is 0 Å². The molecule has 0 spiro atoms. The van der Waals surface area contributed by atoms with Gasteiger partial charge in [0.25, 0.3) is 11.6 Å². The summed E-state index contributed by atoms with van der Waals surface area (Å²) in [6.45, 7) is 5.71. The summed E-state index contributed by atoms with van der Waals surface area (Å²) in [6, 6.07) is 5.69. The maximum Gasteiger partial charge on any atom is 0.259 e. The summed E-state index contributed by atoms with van der Waals surface area (Å²) in [6.07, 6.45) is 2.19. The zero-order valence-electron chi connectivity index (χ0n) is 14.3. The van der Waals surface area contributed by atoms with Crippen LogP contribution in [0.2, 0.25) is 5.02 Å². The molecule has 1 aliphatic carbocycles. The Morgan fingerprint density at radius 2 is 2.00 bits per heavy atom. The minimum absolute atomic E-state index is 0.227. The number of amides is 1. The molecule has 25 heavy (non-hydrogen) atoms. The van der Waals surface area contributed by atoms with Gasteiger partial charge in [-0.05, 0) is 56.9 Å². The Balaban J connectivity index is 1.78. The maximum atomic E-state index is 13.0. The Morgan fingerprint density at radius 1 is 1.24 bits per heavy atom. The van der Waals surface area contributed by atoms with Crippen LogP contribution < -0.4 is 5.32 Å². The van der Waals surface area contributed by atoms with E-state index in [0.717, 1.165) is 29.7 Å². The van der Waals surface area contributed by atoms with Crippen LogP contribution in [0.4, 0.5) is 5.69 Å². The van der Waals surface area contributed by atoms with Gasteiger partial charge in [-0.3, -0.25) is 4.79 Å². The van der Waals surface area contributed by atoms with Crippen LogP contribution in [0, 0.1) is 20.8 Å². The zero-order valence-corrected chi connectivity index (χ0v) is 15.1. The summed E-state index contributed by atoms with van der Waals surface area (Å²) >= 11 is 6.33. The fourth-order valence-corrected chi connectivity index (χ4v) is 3.50. The van der Waals surface area contributed by atoms with Gasteiger partial charge >= 0.3 is 0 Å². The molecule has 5 nitrogen and oxygen atoms in total. The van der Waals surface area contributed by atoms with Crippen LogP contribution in [0.5, 0.6) is 0 Å². The number of carbonyl (C=O) groups excluding carboxylic acids is 1. The summed E-state index contributed by atoms with van der Waals surface area (Å²) in [5.74, 6) is 0.181. The highest BCUT2D eigenvalue weighted by molar-refractivity contribution is 6.34. The molecule has 128 valence electrons. The average Bonchev–Trinajstić information content (AvgIpc) is 3.34. The highest BCUT2D eigenvalue weighted by Crippen LogP contribution is 2.40. The number of hydrogen-bond acceptors (Lipinski definition) is 4. The first-order chi connectivity index (χ1) is 11.9. The lowest BCUT2D eigenvalue weighted by Gasteiger charge is -2.12. The third-order valence-electron chi connectivity index (χ3n) is 4.55. The largest absolute Gasteiger partial charge is 0.336 e. The number of benzene rings is 1. The molecular weight excluding hydrogens is 338 g/mol. The van der Waals surface area contributed by atoms with E-state index in [2.05, 4.69) is 15.5 Å². The van der Waals surface area contributed by atoms with Crippen LogP contribution in [0.15, 0.2) is 22.7 Å². The summed E-state index contributed by atoms with van der Waals surface area (Å²) < 4.78 is 5.30. The summed E-state index contributed by atoms with van der Waals surface area (Å²) in [4.78, 5) is 17.5. The minimum atomic E-state index is -0.227. The van der Waals surface area contributed by atoms with E-state index in [1.807, 2.05) is 39.0 Å². The number of fused-ring (bicyclic) bond motifs is 1. The van der Waals surface area contributed by atoms with Crippen molar-refractivity contribution >= 4 is 34.3 Å². The van der Waals surface area contributed by atoms with E-state index in [1.54, 1.807) is 0 Å². The highest BCUT2D eigenvalue weighted by atomic mass is 35.5. The fraction of sp³-hybridized carbons (Fsp3) is 0.316. The van der Waals surface area contributed by atoms with Gasteiger partial charge in [-0.2, -0.15) is 0 Å². The molecule has 6 heteroatoms. The Kier molecular flexibility index (Phi) is 3.76. The van der Waals surface area contributed by atoms with E-state index in [0.29, 0.717) is 39.0 Å². The molecule has 2 heterocycles. The Labute approximate surface area is 150 Å². The molecule has 2 aromatic heterocycles. The van der Waals surface area contributed by atoms with E-state index >= 15 is 0 Å². The van der Waals surface area contributed by atoms with Gasteiger partial charge in [-0.25, -0.2) is 4.98 Å². The third-order valence-corrected chi connectivity index (χ3v) is 4.85. The van der Waals surface area contributed by atoms with Gasteiger partial charge in [0, 0.05) is 11.6 Å². The number of nitrogens with one attached hydrogen (secondary N) is 1. The van der Waals surface area contributed by atoms with Crippen molar-refractivity contribution in [1.29, 1.82) is 0 Å². The predicted molar refractivity (Wildman–Crippen MR) is 97.4 cm³/mol. The van der Waals surface area contributed by atoms with Gasteiger partial charge in [0.05, 0.1) is 27.4 Å². The fourth-order valence-electron chi connectivity index (χ4n) is 3.14. The number of carbonyl (C=O) groups is 1. The molecule has 1 N–H and O–H groups in total. The number of aromatic nitrogens is 2. The molecule has 1 aliphatic rings. The molecule has 0 unspecified atom stereocenters. The number of hydrogen-bond donors (Lipinski definition) is 1. The topological polar surface area (TPSA) is 68.0 Å². The number of halogens is 1. The molecule has 1 saturated carbocycles. The van der Waals surface area contributed by atoms with Gasteiger partial charge in [0.2, 0.25) is 0 Å². The Hall–Kier alpha value is -2.40. The Morgan fingerprint density at radius 3 is 2.68 bits per heavy atom. The van der Waals surface area contributed by atoms with Gasteiger partial charge in [-0.15, -0.1) is 0 Å². The molecular formula is C19H18ClN3O2. The third kappa shape index (κ3) is 2.89. The predicted octanol–water partition coefficient (Wildman–Crippen LogP) is 4.93. The van der Waals surface area contributed by atoms with Gasteiger partial charge in [-0.1, -0.05) is 22.8 Å². The first-order valence-corrected chi connectivity index (χ1v) is 8.67. The number of rotatable bonds is 3. The van der Waals surface area contributed by atoms with Crippen LogP contribution in [-0.2, 0) is 0 Å². The minimum Gasteiger partial charge on any atom is -0.336 e. The standard InChI is InChI=1S/C19H18ClN3O2/c1-9-6-10(2)17(14(20)7-9)22-18(24)13-8-15(12-4-5-12)21-19-16(13)11(3)23-25-19/h6-8,12H,4-5H2,1-3H3,(H,22,24). The second-order valence-corrected chi connectivity index (χ2v) is 7.12. The number of pyridine rings is 1. The zero-order chi connectivity index (χ0) is 17.7. The lowest BCUT2D eigenvalue weighted by Crippen LogP contribution is -2.14. The molecule has 0 atom stereocenters. The monoisotopic (exact) mass is 355 g/mol. The number of anilines is 1. The van der Waals surface area contributed by atoms with E-state index in [9.17, 15) is 4.79 Å². The lowest BCUT2D eigenvalue weighted by atomic mass is 10.1. The molecule has 1 fully saturated rings. The van der Waals surface area contributed by atoms with Gasteiger partial charge < -0.3 is 9.84 Å². The van der Waals surface area contributed by atoms with Crippen LogP contribution in [0.3, 0.4) is 0 Å². The number of aryl methyl sites for hydroxylation is 3. The Bertz CT molecular complexity index is 982. The summed E-state index contributed by atoms with van der Waals surface area (Å²) in [7, 11) is 0. The lowest BCUT2D eigenvalue weighted by molar-refractivity contribution is 0.102. The quantitative estimate of drug-likeness (QED) is 0.723. The van der Waals surface area contributed by atoms with Crippen molar-refractivity contribution in [2.75, 3.05) is 5.32 Å². The number of nitrogens with zero attached hydrogens (tertiary/aromatic N) is 2. The second kappa shape index (κ2) is 5.85. The van der Waals surface area contributed by atoms with Gasteiger partial charge in [0.1, 0.15) is 0 Å². The van der Waals surface area contributed by atoms with Crippen molar-refractivity contribution in [3.05, 3.63) is 51.3 Å². The first-order valence-electron chi connectivity index (χ1n) is 8.29. The molecule has 4 rings (SSSR count). The van der Waals surface area contributed by atoms with Crippen molar-refractivity contribution in [3.8, 4) is 0 Å². The summed E-state index contributed by atoms with van der Waals surface area (Å²) in [5.41, 5.74) is 5.10. The molecule has 3 aromatic rings. The first kappa shape index (κ1) is 16.1. The smallest absolute Gasteiger partial charge is 0.259 e. The molecule has 1 amide bonds. The molecule has 0 radical (unpaired) electrons. The molecule has 0 saturated heterocycles. The van der Waals surface area contributed by atoms with E-state index in [1.165, 1.54) is 0 Å². The van der Waals surface area contributed by atoms with Crippen molar-refractivity contribution in [2.45, 2.75) is 39.5 Å². The van der Waals surface area contributed by atoms with E-state index < -0.39 is 0 Å². The normalized spacial score (nSPS) is 14.1. The second-order valence-electron chi connectivity index (χ2n) is 6.71. The van der Waals surface area contributed by atoms with Gasteiger partial charge in [0.15, 0.2) is 0 Å². The SMILES string of the molecule is Cc1cc(C)c(NC(=O)c2cc(C3CC3)nc3onc(C)c23)c(Cl)c1. The van der Waals surface area contributed by atoms with E-state index in [-0.39, 0.29) is 5.91 Å². The van der Waals surface area contributed by atoms with Crippen LogP contribution in [0.25, 0.3) is 11.1 Å². The molecule has 0 bridgehead atoms. The summed E-state index contributed by atoms with van der Waals surface area (Å²) in [5, 5.41) is 8.10. The molecule has 0 aliphatic heterocycles. The van der Waals surface area contributed by atoms with Crippen LogP contribution in [-0.4, -0.2) is 16.0 Å². The maximum absolute atomic E-state index is 13.0. The average molecular weight is 356 g/mol. The molecule has 1 aromatic carbocycles. The van der Waals surface area contributed by atoms with Crippen molar-refractivity contribution < 1.29 is 9.32 Å². The van der Waals surface area contributed by atoms with Crippen LogP contribution >= 0.6 is 11.6 Å².